The van der Waals surface area contributed by atoms with E-state index in [0.717, 1.165) is 17.8 Å². The van der Waals surface area contributed by atoms with Gasteiger partial charge in [-0.25, -0.2) is 0 Å². The van der Waals surface area contributed by atoms with Crippen molar-refractivity contribution >= 4 is 0 Å². The summed E-state index contributed by atoms with van der Waals surface area (Å²) < 4.78 is 1.90. The lowest BCUT2D eigenvalue weighted by atomic mass is 9.92. The zero-order valence-corrected chi connectivity index (χ0v) is 12.1. The van der Waals surface area contributed by atoms with Crippen LogP contribution in [0.5, 0.6) is 0 Å². The maximum absolute atomic E-state index is 4.33. The van der Waals surface area contributed by atoms with E-state index < -0.39 is 0 Å². The van der Waals surface area contributed by atoms with Gasteiger partial charge >= 0.3 is 0 Å². The van der Waals surface area contributed by atoms with Crippen LogP contribution in [0.15, 0.2) is 36.7 Å². The molecule has 2 aliphatic rings. The molecule has 0 radical (unpaired) electrons. The molecule has 0 spiro atoms. The number of aromatic nitrogens is 2. The minimum Gasteiger partial charge on any atom is -0.313 e. The molecule has 2 aliphatic carbocycles. The quantitative estimate of drug-likeness (QED) is 0.926. The highest BCUT2D eigenvalue weighted by atomic mass is 15.2. The third-order valence-electron chi connectivity index (χ3n) is 5.17. The zero-order chi connectivity index (χ0) is 13.7. The second-order valence-corrected chi connectivity index (χ2v) is 6.22. The molecule has 20 heavy (non-hydrogen) atoms. The molecule has 104 valence electrons. The maximum atomic E-state index is 4.33. The molecular weight excluding hydrogens is 246 g/mol. The highest BCUT2D eigenvalue weighted by molar-refractivity contribution is 5.41. The largest absolute Gasteiger partial charge is 0.313 e. The number of nitrogens with zero attached hydrogens (tertiary/aromatic N) is 2. The summed E-state index contributed by atoms with van der Waals surface area (Å²) in [5, 5.41) is 7.86. The van der Waals surface area contributed by atoms with Crippen LogP contribution in [0.25, 0.3) is 0 Å². The minimum absolute atomic E-state index is 0.435. The summed E-state index contributed by atoms with van der Waals surface area (Å²) in [5.41, 5.74) is 4.49. The minimum atomic E-state index is 0.435. The molecule has 3 nitrogen and oxygen atoms in total. The number of fused-ring (bicyclic) bond motifs is 3. The topological polar surface area (TPSA) is 29.9 Å². The Morgan fingerprint density at radius 1 is 1.35 bits per heavy atom. The number of aryl methyl sites for hydroxylation is 2. The van der Waals surface area contributed by atoms with E-state index in [4.69, 9.17) is 0 Å². The first-order chi connectivity index (χ1) is 9.79. The molecule has 0 saturated heterocycles. The lowest BCUT2D eigenvalue weighted by Gasteiger charge is -2.15. The van der Waals surface area contributed by atoms with E-state index >= 15 is 0 Å². The molecule has 1 saturated carbocycles. The van der Waals surface area contributed by atoms with E-state index in [2.05, 4.69) is 47.9 Å². The smallest absolute Gasteiger partial charge is 0.0537 e. The second kappa shape index (κ2) is 4.45. The summed E-state index contributed by atoms with van der Waals surface area (Å²) in [6.07, 6.45) is 6.75. The van der Waals surface area contributed by atoms with E-state index in [9.17, 15) is 0 Å². The molecule has 2 aromatic rings. The first kappa shape index (κ1) is 12.2. The fourth-order valence-electron chi connectivity index (χ4n) is 4.26. The molecule has 3 heteroatoms. The Morgan fingerprint density at radius 2 is 2.20 bits per heavy atom. The predicted octanol–water partition coefficient (Wildman–Crippen LogP) is 2.66. The summed E-state index contributed by atoms with van der Waals surface area (Å²) in [5.74, 6) is 2.33. The van der Waals surface area contributed by atoms with Crippen LogP contribution in [-0.2, 0) is 13.5 Å². The highest BCUT2D eigenvalue weighted by Gasteiger charge is 2.56. The molecule has 1 aromatic heterocycles. The van der Waals surface area contributed by atoms with Crippen molar-refractivity contribution in [1.82, 2.24) is 15.1 Å². The third-order valence-corrected chi connectivity index (χ3v) is 5.17. The van der Waals surface area contributed by atoms with Gasteiger partial charge in [-0.2, -0.15) is 5.10 Å². The lowest BCUT2D eigenvalue weighted by molar-refractivity contribution is 0.484. The Balaban J connectivity index is 1.65. The Labute approximate surface area is 120 Å². The second-order valence-electron chi connectivity index (χ2n) is 6.22. The van der Waals surface area contributed by atoms with Crippen molar-refractivity contribution in [3.05, 3.63) is 53.3 Å². The average molecular weight is 267 g/mol. The molecule has 1 N–H and O–H groups in total. The Hall–Kier alpha value is -1.61. The Kier molecular flexibility index (Phi) is 2.71. The predicted molar refractivity (Wildman–Crippen MR) is 79.5 cm³/mol. The van der Waals surface area contributed by atoms with Gasteiger partial charge in [-0.05, 0) is 48.8 Å². The van der Waals surface area contributed by atoms with Crippen molar-refractivity contribution < 1.29 is 0 Å². The van der Waals surface area contributed by atoms with Crippen molar-refractivity contribution in [1.29, 1.82) is 0 Å². The van der Waals surface area contributed by atoms with Gasteiger partial charge in [-0.3, -0.25) is 4.68 Å². The van der Waals surface area contributed by atoms with Gasteiger partial charge in [0.25, 0.3) is 0 Å². The number of nitrogens with one attached hydrogen (secondary N) is 1. The first-order valence-corrected chi connectivity index (χ1v) is 7.53. The van der Waals surface area contributed by atoms with E-state index in [1.807, 2.05) is 17.9 Å². The summed E-state index contributed by atoms with van der Waals surface area (Å²) in [7, 11) is 4.07. The van der Waals surface area contributed by atoms with Gasteiger partial charge in [0.2, 0.25) is 0 Å². The summed E-state index contributed by atoms with van der Waals surface area (Å²) in [6.45, 7) is 0. The molecule has 0 amide bonds. The van der Waals surface area contributed by atoms with Gasteiger partial charge < -0.3 is 5.32 Å². The number of rotatable bonds is 3. The first-order valence-electron chi connectivity index (χ1n) is 7.53. The maximum Gasteiger partial charge on any atom is 0.0537 e. The SMILES string of the molecule is CNC(c1cnn(C)c1)C1C2CCc3ccccc3C21. The molecule has 4 unspecified atom stereocenters. The van der Waals surface area contributed by atoms with Gasteiger partial charge in [-0.1, -0.05) is 24.3 Å². The van der Waals surface area contributed by atoms with Crippen LogP contribution in [0, 0.1) is 11.8 Å². The highest BCUT2D eigenvalue weighted by Crippen LogP contribution is 2.64. The molecule has 1 heterocycles. The van der Waals surface area contributed by atoms with Crippen LogP contribution in [-0.4, -0.2) is 16.8 Å². The van der Waals surface area contributed by atoms with Crippen molar-refractivity contribution in [3.63, 3.8) is 0 Å². The number of hydrogen-bond donors (Lipinski definition) is 1. The zero-order valence-electron chi connectivity index (χ0n) is 12.1. The molecule has 4 atom stereocenters. The average Bonchev–Trinajstić information content (AvgIpc) is 3.05. The Morgan fingerprint density at radius 3 is 2.95 bits per heavy atom. The fourth-order valence-corrected chi connectivity index (χ4v) is 4.26. The van der Waals surface area contributed by atoms with Crippen molar-refractivity contribution in [2.45, 2.75) is 24.8 Å². The molecule has 4 rings (SSSR count). The van der Waals surface area contributed by atoms with E-state index in [0.29, 0.717) is 6.04 Å². The monoisotopic (exact) mass is 267 g/mol. The third kappa shape index (κ3) is 1.73. The van der Waals surface area contributed by atoms with Gasteiger partial charge in [0.15, 0.2) is 0 Å². The lowest BCUT2D eigenvalue weighted by Crippen LogP contribution is -2.19. The van der Waals surface area contributed by atoms with Crippen LogP contribution in [0.2, 0.25) is 0 Å². The summed E-state index contributed by atoms with van der Waals surface area (Å²) >= 11 is 0. The van der Waals surface area contributed by atoms with Crippen LogP contribution in [0.4, 0.5) is 0 Å². The summed E-state index contributed by atoms with van der Waals surface area (Å²) in [4.78, 5) is 0. The number of hydrogen-bond acceptors (Lipinski definition) is 2. The van der Waals surface area contributed by atoms with Crippen LogP contribution < -0.4 is 5.32 Å². The summed E-state index contributed by atoms with van der Waals surface area (Å²) in [6, 6.07) is 9.44. The standard InChI is InChI=1S/C17H21N3/c1-18-17(12-9-19-20(2)10-12)16-14-8-7-11-5-3-4-6-13(11)15(14)16/h3-6,9-10,14-18H,7-8H2,1-2H3. The molecule has 0 bridgehead atoms. The van der Waals surface area contributed by atoms with Crippen molar-refractivity contribution in [2.75, 3.05) is 7.05 Å². The van der Waals surface area contributed by atoms with Gasteiger partial charge in [0.1, 0.15) is 0 Å². The number of benzene rings is 1. The molecule has 0 aliphatic heterocycles. The van der Waals surface area contributed by atoms with E-state index in [1.54, 1.807) is 11.1 Å². The van der Waals surface area contributed by atoms with E-state index in [1.165, 1.54) is 18.4 Å². The van der Waals surface area contributed by atoms with Crippen LogP contribution in [0.1, 0.15) is 35.1 Å². The van der Waals surface area contributed by atoms with Crippen molar-refractivity contribution in [3.8, 4) is 0 Å². The normalized spacial score (nSPS) is 28.6. The molecular formula is C17H21N3. The van der Waals surface area contributed by atoms with Gasteiger partial charge in [0.05, 0.1) is 6.20 Å². The van der Waals surface area contributed by atoms with Crippen molar-refractivity contribution in [2.24, 2.45) is 18.9 Å². The van der Waals surface area contributed by atoms with E-state index in [-0.39, 0.29) is 0 Å². The fraction of sp³-hybridized carbons (Fsp3) is 0.471. The van der Waals surface area contributed by atoms with Crippen LogP contribution >= 0.6 is 0 Å². The van der Waals surface area contributed by atoms with Gasteiger partial charge in [0, 0.05) is 24.8 Å². The molecule has 1 fully saturated rings. The Bertz CT molecular complexity index is 631. The molecule has 1 aromatic carbocycles. The van der Waals surface area contributed by atoms with Crippen LogP contribution in [0.3, 0.4) is 0 Å². The van der Waals surface area contributed by atoms with Gasteiger partial charge in [-0.15, -0.1) is 0 Å².